The number of hydrogen-bond acceptors (Lipinski definition) is 4. The van der Waals surface area contributed by atoms with Crippen molar-refractivity contribution in [3.8, 4) is 0 Å². The van der Waals surface area contributed by atoms with Crippen LogP contribution in [0.15, 0.2) is 0 Å². The Morgan fingerprint density at radius 1 is 1.43 bits per heavy atom. The van der Waals surface area contributed by atoms with E-state index in [0.29, 0.717) is 18.8 Å². The number of carbonyl (C=O) groups excluding carboxylic acids is 1. The minimum absolute atomic E-state index is 0.174. The van der Waals surface area contributed by atoms with E-state index in [0.717, 1.165) is 25.7 Å². The lowest BCUT2D eigenvalue weighted by Crippen LogP contribution is -2.77. The number of rotatable bonds is 7. The predicted molar refractivity (Wildman–Crippen MR) is 90.7 cm³/mol. The van der Waals surface area contributed by atoms with E-state index in [1.54, 1.807) is 0 Å². The number of nitrogens with one attached hydrogen (secondary N) is 1. The topological polar surface area (TPSA) is 78.8 Å². The van der Waals surface area contributed by atoms with Gasteiger partial charge in [0, 0.05) is 6.92 Å². The molecule has 2 bridgehead atoms. The van der Waals surface area contributed by atoms with Gasteiger partial charge in [0.1, 0.15) is 0 Å². The maximum Gasteiger partial charge on any atom is 0.478 e. The quantitative estimate of drug-likeness (QED) is 0.626. The van der Waals surface area contributed by atoms with Crippen molar-refractivity contribution < 1.29 is 19.6 Å². The van der Waals surface area contributed by atoms with Gasteiger partial charge < -0.3 is 20.1 Å². The van der Waals surface area contributed by atoms with Gasteiger partial charge in [0.05, 0.1) is 17.1 Å². The molecule has 0 spiro atoms. The molecule has 0 radical (unpaired) electrons. The Kier molecular flexibility index (Phi) is 5.20. The molecule has 0 aromatic heterocycles. The van der Waals surface area contributed by atoms with Crippen LogP contribution in [0.2, 0.25) is 0 Å². The zero-order valence-electron chi connectivity index (χ0n) is 15.2. The summed E-state index contributed by atoms with van der Waals surface area (Å²) in [5.41, 5.74) is -1.88. The maximum atomic E-state index is 11.4. The fourth-order valence-electron chi connectivity index (χ4n) is 4.68. The molecule has 5 nitrogen and oxygen atoms in total. The second kappa shape index (κ2) is 6.38. The van der Waals surface area contributed by atoms with Gasteiger partial charge in [-0.3, -0.25) is 4.79 Å². The van der Waals surface area contributed by atoms with Crippen LogP contribution in [0.1, 0.15) is 73.1 Å². The lowest BCUT2D eigenvalue weighted by Gasteiger charge is -2.71. The standard InChI is InChI=1S/C17H32BNO4/c1-6-7-8-14(19-12(2)20)18(22)23-17-11-13(15(17,3)4)9-10-16(17,5)21/h13-14,21-22H,6-11H2,1-5H3,(H,19,20). The van der Waals surface area contributed by atoms with Crippen LogP contribution in [0.25, 0.3) is 0 Å². The summed E-state index contributed by atoms with van der Waals surface area (Å²) in [6.45, 7) is 9.56. The van der Waals surface area contributed by atoms with Crippen LogP contribution in [0.4, 0.5) is 0 Å². The maximum absolute atomic E-state index is 11.4. The molecule has 0 aromatic carbocycles. The first kappa shape index (κ1) is 18.7. The van der Waals surface area contributed by atoms with E-state index in [4.69, 9.17) is 4.65 Å². The van der Waals surface area contributed by atoms with Crippen LogP contribution < -0.4 is 5.32 Å². The van der Waals surface area contributed by atoms with Gasteiger partial charge in [-0.25, -0.2) is 0 Å². The molecule has 1 amide bonds. The second-order valence-corrected chi connectivity index (χ2v) is 8.22. The van der Waals surface area contributed by atoms with Crippen LogP contribution >= 0.6 is 0 Å². The van der Waals surface area contributed by atoms with Crippen molar-refractivity contribution in [2.75, 3.05) is 0 Å². The highest BCUT2D eigenvalue weighted by atomic mass is 16.6. The smallest absolute Gasteiger partial charge is 0.426 e. The monoisotopic (exact) mass is 325 g/mol. The number of hydrogen-bond donors (Lipinski definition) is 3. The molecule has 3 aliphatic rings. The molecule has 4 unspecified atom stereocenters. The highest BCUT2D eigenvalue weighted by Crippen LogP contribution is 2.67. The van der Waals surface area contributed by atoms with E-state index in [2.05, 4.69) is 26.1 Å². The van der Waals surface area contributed by atoms with Gasteiger partial charge in [-0.05, 0) is 43.9 Å². The SMILES string of the molecule is CCCCC(NC(C)=O)B(O)OC12CC(CCC1(C)O)C2(C)C. The van der Waals surface area contributed by atoms with Gasteiger partial charge in [0.15, 0.2) is 0 Å². The summed E-state index contributed by atoms with van der Waals surface area (Å²) in [6.07, 6.45) is 5.00. The summed E-state index contributed by atoms with van der Waals surface area (Å²) in [6, 6.07) is 0. The molecule has 3 rings (SSSR count). The minimum Gasteiger partial charge on any atom is -0.426 e. The Labute approximate surface area is 140 Å². The lowest BCUT2D eigenvalue weighted by atomic mass is 9.40. The van der Waals surface area contributed by atoms with E-state index in [1.807, 2.05) is 6.92 Å². The zero-order chi connectivity index (χ0) is 17.5. The van der Waals surface area contributed by atoms with E-state index < -0.39 is 24.3 Å². The lowest BCUT2D eigenvalue weighted by molar-refractivity contribution is -0.305. The Balaban J connectivity index is 2.15. The Hall–Kier alpha value is -0.585. The zero-order valence-corrected chi connectivity index (χ0v) is 15.2. The fourth-order valence-corrected chi connectivity index (χ4v) is 4.68. The van der Waals surface area contributed by atoms with Crippen LogP contribution in [-0.4, -0.2) is 40.3 Å². The number of aliphatic hydroxyl groups is 1. The Bertz CT molecular complexity index is 444. The Morgan fingerprint density at radius 3 is 2.57 bits per heavy atom. The summed E-state index contributed by atoms with van der Waals surface area (Å²) in [4.78, 5) is 11.4. The molecule has 23 heavy (non-hydrogen) atoms. The Morgan fingerprint density at radius 2 is 2.09 bits per heavy atom. The van der Waals surface area contributed by atoms with Crippen molar-refractivity contribution >= 4 is 13.0 Å². The van der Waals surface area contributed by atoms with Crippen molar-refractivity contribution in [2.24, 2.45) is 11.3 Å². The van der Waals surface area contributed by atoms with E-state index in [1.165, 1.54) is 6.92 Å². The molecule has 6 heteroatoms. The largest absolute Gasteiger partial charge is 0.478 e. The second-order valence-electron chi connectivity index (χ2n) is 8.22. The molecule has 3 N–H and O–H groups in total. The summed E-state index contributed by atoms with van der Waals surface area (Å²) in [5.74, 6) is -0.0911. The van der Waals surface area contributed by atoms with Crippen LogP contribution in [0, 0.1) is 11.3 Å². The molecule has 3 saturated carbocycles. The molecule has 3 aliphatic carbocycles. The van der Waals surface area contributed by atoms with Gasteiger partial charge in [-0.15, -0.1) is 0 Å². The van der Waals surface area contributed by atoms with E-state index >= 15 is 0 Å². The number of carbonyl (C=O) groups is 1. The first-order chi connectivity index (χ1) is 10.6. The molecule has 0 aliphatic heterocycles. The number of unbranched alkanes of at least 4 members (excludes halogenated alkanes) is 1. The van der Waals surface area contributed by atoms with Crippen LogP contribution in [-0.2, 0) is 9.45 Å². The highest BCUT2D eigenvalue weighted by Gasteiger charge is 2.71. The molecule has 3 fully saturated rings. The first-order valence-corrected chi connectivity index (χ1v) is 8.93. The summed E-state index contributed by atoms with van der Waals surface area (Å²) < 4.78 is 6.13. The van der Waals surface area contributed by atoms with Crippen molar-refractivity contribution in [1.29, 1.82) is 0 Å². The van der Waals surface area contributed by atoms with Crippen LogP contribution in [0.3, 0.4) is 0 Å². The minimum atomic E-state index is -1.10. The summed E-state index contributed by atoms with van der Waals surface area (Å²) >= 11 is 0. The van der Waals surface area contributed by atoms with Crippen molar-refractivity contribution in [3.63, 3.8) is 0 Å². The third kappa shape index (κ3) is 3.05. The number of amides is 1. The molecule has 132 valence electrons. The fraction of sp³-hybridized carbons (Fsp3) is 0.941. The van der Waals surface area contributed by atoms with Crippen LogP contribution in [0.5, 0.6) is 0 Å². The highest BCUT2D eigenvalue weighted by molar-refractivity contribution is 6.45. The molecule has 0 saturated heterocycles. The average Bonchev–Trinajstić information content (AvgIpc) is 2.44. The average molecular weight is 325 g/mol. The summed E-state index contributed by atoms with van der Waals surface area (Å²) in [5, 5.41) is 24.4. The normalized spacial score (nSPS) is 36.0. The van der Waals surface area contributed by atoms with Gasteiger partial charge in [0.2, 0.25) is 5.91 Å². The molecular weight excluding hydrogens is 293 g/mol. The molecule has 0 heterocycles. The first-order valence-electron chi connectivity index (χ1n) is 8.93. The predicted octanol–water partition coefficient (Wildman–Crippen LogP) is 2.05. The third-order valence-electron chi connectivity index (χ3n) is 6.37. The van der Waals surface area contributed by atoms with Crippen molar-refractivity contribution in [2.45, 2.75) is 90.3 Å². The van der Waals surface area contributed by atoms with Gasteiger partial charge in [-0.1, -0.05) is 33.6 Å². The van der Waals surface area contributed by atoms with Gasteiger partial charge in [-0.2, -0.15) is 0 Å². The van der Waals surface area contributed by atoms with Crippen molar-refractivity contribution in [3.05, 3.63) is 0 Å². The molecule has 0 aromatic rings. The molecular formula is C17H32BNO4. The van der Waals surface area contributed by atoms with E-state index in [-0.39, 0.29) is 11.3 Å². The summed E-state index contributed by atoms with van der Waals surface area (Å²) in [7, 11) is -1.10. The molecule has 4 atom stereocenters. The number of fused-ring (bicyclic) bond motifs is 2. The third-order valence-corrected chi connectivity index (χ3v) is 6.37. The van der Waals surface area contributed by atoms with E-state index in [9.17, 15) is 14.9 Å². The van der Waals surface area contributed by atoms with Gasteiger partial charge in [0.25, 0.3) is 0 Å². The van der Waals surface area contributed by atoms with Gasteiger partial charge >= 0.3 is 7.12 Å². The van der Waals surface area contributed by atoms with Crippen molar-refractivity contribution in [1.82, 2.24) is 5.32 Å².